The van der Waals surface area contributed by atoms with Crippen LogP contribution >= 0.6 is 0 Å². The highest BCUT2D eigenvalue weighted by molar-refractivity contribution is 5.33. The van der Waals surface area contributed by atoms with E-state index in [0.29, 0.717) is 12.1 Å². The molecule has 0 fully saturated rings. The number of benzene rings is 2. The standard InChI is InChI=1S/C19H25N/c1-13-10-11-19(15(3)12-13)17(5)20-16(4)18-9-7-6-8-14(18)2/h6-12,16-17,20H,1-5H3/t16-,17?/m0/s1. The zero-order valence-electron chi connectivity index (χ0n) is 13.2. The molecule has 0 aromatic heterocycles. The largest absolute Gasteiger partial charge is 0.304 e. The SMILES string of the molecule is Cc1ccc(C(C)N[C@@H](C)c2ccccc2C)c(C)c1. The van der Waals surface area contributed by atoms with Gasteiger partial charge in [-0.05, 0) is 56.9 Å². The molecule has 1 N–H and O–H groups in total. The minimum Gasteiger partial charge on any atom is -0.304 e. The Bertz CT molecular complexity index is 586. The minimum atomic E-state index is 0.352. The van der Waals surface area contributed by atoms with Gasteiger partial charge >= 0.3 is 0 Å². The van der Waals surface area contributed by atoms with E-state index < -0.39 is 0 Å². The van der Waals surface area contributed by atoms with E-state index in [9.17, 15) is 0 Å². The molecule has 1 unspecified atom stereocenters. The molecule has 1 heteroatoms. The Hall–Kier alpha value is -1.60. The first-order valence-corrected chi connectivity index (χ1v) is 7.37. The maximum Gasteiger partial charge on any atom is 0.0300 e. The molecule has 0 spiro atoms. The van der Waals surface area contributed by atoms with E-state index in [0.717, 1.165) is 0 Å². The molecule has 2 aromatic carbocycles. The van der Waals surface area contributed by atoms with Crippen molar-refractivity contribution in [3.63, 3.8) is 0 Å². The highest BCUT2D eigenvalue weighted by atomic mass is 14.9. The van der Waals surface area contributed by atoms with Gasteiger partial charge in [0.25, 0.3) is 0 Å². The van der Waals surface area contributed by atoms with Crippen LogP contribution in [-0.4, -0.2) is 0 Å². The first kappa shape index (κ1) is 14.8. The molecule has 0 saturated carbocycles. The van der Waals surface area contributed by atoms with Crippen molar-refractivity contribution in [2.24, 2.45) is 0 Å². The molecule has 0 radical (unpaired) electrons. The van der Waals surface area contributed by atoms with Crippen molar-refractivity contribution in [1.29, 1.82) is 0 Å². The summed E-state index contributed by atoms with van der Waals surface area (Å²) in [6, 6.07) is 16.0. The maximum absolute atomic E-state index is 3.71. The lowest BCUT2D eigenvalue weighted by Crippen LogP contribution is -2.23. The van der Waals surface area contributed by atoms with Gasteiger partial charge in [-0.1, -0.05) is 48.0 Å². The molecule has 2 aromatic rings. The topological polar surface area (TPSA) is 12.0 Å². The fourth-order valence-corrected chi connectivity index (χ4v) is 2.94. The Morgan fingerprint density at radius 3 is 1.95 bits per heavy atom. The summed E-state index contributed by atoms with van der Waals surface area (Å²) in [5, 5.41) is 3.71. The Morgan fingerprint density at radius 1 is 0.750 bits per heavy atom. The highest BCUT2D eigenvalue weighted by Gasteiger charge is 2.13. The fraction of sp³-hybridized carbons (Fsp3) is 0.368. The van der Waals surface area contributed by atoms with Gasteiger partial charge in [-0.15, -0.1) is 0 Å². The third-order valence-corrected chi connectivity index (χ3v) is 4.05. The molecule has 0 amide bonds. The zero-order chi connectivity index (χ0) is 14.7. The van der Waals surface area contributed by atoms with Crippen LogP contribution in [0.25, 0.3) is 0 Å². The second-order valence-corrected chi connectivity index (χ2v) is 5.83. The van der Waals surface area contributed by atoms with E-state index in [1.54, 1.807) is 0 Å². The Balaban J connectivity index is 2.15. The van der Waals surface area contributed by atoms with E-state index in [4.69, 9.17) is 0 Å². The van der Waals surface area contributed by atoms with Gasteiger partial charge in [0.1, 0.15) is 0 Å². The monoisotopic (exact) mass is 267 g/mol. The number of nitrogens with one attached hydrogen (secondary N) is 1. The van der Waals surface area contributed by atoms with Crippen LogP contribution in [0.4, 0.5) is 0 Å². The molecule has 0 bridgehead atoms. The zero-order valence-corrected chi connectivity index (χ0v) is 13.2. The van der Waals surface area contributed by atoms with E-state index >= 15 is 0 Å². The van der Waals surface area contributed by atoms with Gasteiger partial charge in [0, 0.05) is 12.1 Å². The molecule has 0 heterocycles. The summed E-state index contributed by atoms with van der Waals surface area (Å²) in [4.78, 5) is 0. The van der Waals surface area contributed by atoms with Crippen LogP contribution in [0.15, 0.2) is 42.5 Å². The predicted octanol–water partition coefficient (Wildman–Crippen LogP) is 5.02. The van der Waals surface area contributed by atoms with Crippen LogP contribution in [-0.2, 0) is 0 Å². The first-order valence-electron chi connectivity index (χ1n) is 7.37. The van der Waals surface area contributed by atoms with Crippen molar-refractivity contribution in [1.82, 2.24) is 5.32 Å². The number of rotatable bonds is 4. The van der Waals surface area contributed by atoms with Crippen molar-refractivity contribution >= 4 is 0 Å². The van der Waals surface area contributed by atoms with Gasteiger partial charge in [0.05, 0.1) is 0 Å². The number of hydrogen-bond acceptors (Lipinski definition) is 1. The number of hydrogen-bond donors (Lipinski definition) is 1. The summed E-state index contributed by atoms with van der Waals surface area (Å²) in [6.07, 6.45) is 0. The molecule has 0 saturated heterocycles. The Kier molecular flexibility index (Phi) is 4.61. The molecule has 106 valence electrons. The average Bonchev–Trinajstić information content (AvgIpc) is 2.38. The van der Waals surface area contributed by atoms with Crippen molar-refractivity contribution < 1.29 is 0 Å². The molecule has 1 nitrogen and oxygen atoms in total. The summed E-state index contributed by atoms with van der Waals surface area (Å²) in [6.45, 7) is 11.0. The minimum absolute atomic E-state index is 0.352. The second-order valence-electron chi connectivity index (χ2n) is 5.83. The summed E-state index contributed by atoms with van der Waals surface area (Å²) in [5.74, 6) is 0. The van der Waals surface area contributed by atoms with Crippen molar-refractivity contribution in [2.75, 3.05) is 0 Å². The molecule has 2 atom stereocenters. The van der Waals surface area contributed by atoms with Crippen LogP contribution in [0.1, 0.15) is 53.7 Å². The molecular formula is C19H25N. The van der Waals surface area contributed by atoms with E-state index in [1.807, 2.05) is 0 Å². The normalized spacial score (nSPS) is 14.1. The van der Waals surface area contributed by atoms with Crippen LogP contribution in [0.5, 0.6) is 0 Å². The van der Waals surface area contributed by atoms with Crippen LogP contribution in [0, 0.1) is 20.8 Å². The van der Waals surface area contributed by atoms with Gasteiger partial charge < -0.3 is 5.32 Å². The summed E-state index contributed by atoms with van der Waals surface area (Å²) in [7, 11) is 0. The molecule has 0 aliphatic heterocycles. The Labute approximate surface area is 123 Å². The van der Waals surface area contributed by atoms with E-state index in [2.05, 4.69) is 82.4 Å². The van der Waals surface area contributed by atoms with Crippen LogP contribution in [0.2, 0.25) is 0 Å². The summed E-state index contributed by atoms with van der Waals surface area (Å²) in [5.41, 5.74) is 6.80. The second kappa shape index (κ2) is 6.23. The lowest BCUT2D eigenvalue weighted by atomic mass is 9.97. The van der Waals surface area contributed by atoms with Gasteiger partial charge in [0.15, 0.2) is 0 Å². The lowest BCUT2D eigenvalue weighted by Gasteiger charge is -2.23. The lowest BCUT2D eigenvalue weighted by molar-refractivity contribution is 0.491. The van der Waals surface area contributed by atoms with Crippen molar-refractivity contribution in [2.45, 2.75) is 46.7 Å². The molecule has 20 heavy (non-hydrogen) atoms. The number of aryl methyl sites for hydroxylation is 3. The predicted molar refractivity (Wildman–Crippen MR) is 87.1 cm³/mol. The smallest absolute Gasteiger partial charge is 0.0300 e. The third-order valence-electron chi connectivity index (χ3n) is 4.05. The molecule has 0 aliphatic carbocycles. The Morgan fingerprint density at radius 2 is 1.35 bits per heavy atom. The average molecular weight is 267 g/mol. The summed E-state index contributed by atoms with van der Waals surface area (Å²) >= 11 is 0. The maximum atomic E-state index is 3.71. The van der Waals surface area contributed by atoms with E-state index in [1.165, 1.54) is 27.8 Å². The van der Waals surface area contributed by atoms with Gasteiger partial charge in [-0.25, -0.2) is 0 Å². The quantitative estimate of drug-likeness (QED) is 0.819. The third kappa shape index (κ3) is 3.29. The molecule has 2 rings (SSSR count). The van der Waals surface area contributed by atoms with Crippen LogP contribution in [0.3, 0.4) is 0 Å². The van der Waals surface area contributed by atoms with Gasteiger partial charge in [-0.3, -0.25) is 0 Å². The van der Waals surface area contributed by atoms with E-state index in [-0.39, 0.29) is 0 Å². The summed E-state index contributed by atoms with van der Waals surface area (Å²) < 4.78 is 0. The highest BCUT2D eigenvalue weighted by Crippen LogP contribution is 2.24. The van der Waals surface area contributed by atoms with Crippen LogP contribution < -0.4 is 5.32 Å². The van der Waals surface area contributed by atoms with Crippen molar-refractivity contribution in [3.8, 4) is 0 Å². The molecular weight excluding hydrogens is 242 g/mol. The fourth-order valence-electron chi connectivity index (χ4n) is 2.94. The molecule has 0 aliphatic rings. The first-order chi connectivity index (χ1) is 9.49. The van der Waals surface area contributed by atoms with Crippen molar-refractivity contribution in [3.05, 3.63) is 70.3 Å². The van der Waals surface area contributed by atoms with Gasteiger partial charge in [0.2, 0.25) is 0 Å². The van der Waals surface area contributed by atoms with Gasteiger partial charge in [-0.2, -0.15) is 0 Å².